The van der Waals surface area contributed by atoms with E-state index in [4.69, 9.17) is 19.2 Å². The third-order valence-corrected chi connectivity index (χ3v) is 4.87. The summed E-state index contributed by atoms with van der Waals surface area (Å²) in [5.41, 5.74) is 1.29. The van der Waals surface area contributed by atoms with Gasteiger partial charge in [0.05, 0.1) is 13.2 Å². The van der Waals surface area contributed by atoms with Crippen molar-refractivity contribution in [3.05, 3.63) is 18.2 Å². The van der Waals surface area contributed by atoms with Gasteiger partial charge in [-0.15, -0.1) is 0 Å². The van der Waals surface area contributed by atoms with Crippen LogP contribution in [-0.4, -0.2) is 45.5 Å². The lowest BCUT2D eigenvalue weighted by Gasteiger charge is -2.16. The van der Waals surface area contributed by atoms with Gasteiger partial charge in [-0.3, -0.25) is 4.99 Å². The number of nitrogens with zero attached hydrogens (tertiary/aromatic N) is 1. The first-order chi connectivity index (χ1) is 12.7. The Hall–Kier alpha value is -1.95. The number of nitrogens with one attached hydrogen (secondary N) is 2. The third-order valence-electron chi connectivity index (χ3n) is 4.87. The second kappa shape index (κ2) is 9.12. The van der Waals surface area contributed by atoms with Gasteiger partial charge >= 0.3 is 0 Å². The molecule has 0 spiro atoms. The Morgan fingerprint density at radius 3 is 2.73 bits per heavy atom. The molecule has 1 aromatic rings. The SMILES string of the molecule is CCNC(=NCC1(CCOCC)CC1)Nc1ccc2c(c1)OCCCO2. The van der Waals surface area contributed by atoms with E-state index in [9.17, 15) is 0 Å². The Morgan fingerprint density at radius 1 is 1.19 bits per heavy atom. The van der Waals surface area contributed by atoms with Crippen molar-refractivity contribution in [2.75, 3.05) is 44.8 Å². The fourth-order valence-electron chi connectivity index (χ4n) is 3.03. The Balaban J connectivity index is 1.62. The van der Waals surface area contributed by atoms with Gasteiger partial charge in [0.2, 0.25) is 0 Å². The third kappa shape index (κ3) is 5.27. The van der Waals surface area contributed by atoms with E-state index in [1.54, 1.807) is 0 Å². The molecule has 26 heavy (non-hydrogen) atoms. The number of guanidine groups is 1. The highest BCUT2D eigenvalue weighted by molar-refractivity contribution is 5.94. The maximum absolute atomic E-state index is 5.77. The van der Waals surface area contributed by atoms with Crippen molar-refractivity contribution < 1.29 is 14.2 Å². The molecule has 0 bridgehead atoms. The average molecular weight is 361 g/mol. The lowest BCUT2D eigenvalue weighted by Crippen LogP contribution is -2.31. The number of aliphatic imine (C=N–C) groups is 1. The van der Waals surface area contributed by atoms with Crippen molar-refractivity contribution in [2.24, 2.45) is 10.4 Å². The first-order valence-electron chi connectivity index (χ1n) is 9.77. The zero-order valence-electron chi connectivity index (χ0n) is 16.0. The van der Waals surface area contributed by atoms with Gasteiger partial charge in [0.1, 0.15) is 0 Å². The van der Waals surface area contributed by atoms with E-state index in [1.807, 2.05) is 25.1 Å². The van der Waals surface area contributed by atoms with Crippen LogP contribution in [0.2, 0.25) is 0 Å². The number of anilines is 1. The molecule has 144 valence electrons. The van der Waals surface area contributed by atoms with Gasteiger partial charge in [0, 0.05) is 44.5 Å². The molecule has 0 atom stereocenters. The summed E-state index contributed by atoms with van der Waals surface area (Å²) in [5, 5.41) is 6.72. The highest BCUT2D eigenvalue weighted by Gasteiger charge is 2.41. The molecule has 0 amide bonds. The molecular formula is C20H31N3O3. The largest absolute Gasteiger partial charge is 0.490 e. The Kier molecular flexibility index (Phi) is 6.61. The summed E-state index contributed by atoms with van der Waals surface area (Å²) in [6, 6.07) is 5.94. The van der Waals surface area contributed by atoms with Gasteiger partial charge in [0.15, 0.2) is 17.5 Å². The van der Waals surface area contributed by atoms with Gasteiger partial charge in [-0.05, 0) is 50.7 Å². The van der Waals surface area contributed by atoms with Crippen LogP contribution in [-0.2, 0) is 4.74 Å². The van der Waals surface area contributed by atoms with E-state index in [2.05, 4.69) is 17.6 Å². The van der Waals surface area contributed by atoms with Crippen LogP contribution >= 0.6 is 0 Å². The van der Waals surface area contributed by atoms with Crippen LogP contribution in [0.4, 0.5) is 5.69 Å². The maximum Gasteiger partial charge on any atom is 0.195 e. The molecule has 1 aliphatic carbocycles. The fourth-order valence-corrected chi connectivity index (χ4v) is 3.03. The number of hydrogen-bond acceptors (Lipinski definition) is 4. The van der Waals surface area contributed by atoms with Crippen molar-refractivity contribution in [3.63, 3.8) is 0 Å². The molecule has 6 heteroatoms. The molecule has 0 unspecified atom stereocenters. The zero-order chi connectivity index (χ0) is 18.2. The van der Waals surface area contributed by atoms with Crippen molar-refractivity contribution in [2.45, 2.75) is 39.5 Å². The molecule has 2 aliphatic rings. The molecule has 0 aromatic heterocycles. The summed E-state index contributed by atoms with van der Waals surface area (Å²) >= 11 is 0. The highest BCUT2D eigenvalue weighted by Crippen LogP contribution is 2.49. The van der Waals surface area contributed by atoms with Crippen molar-refractivity contribution in [1.82, 2.24) is 5.32 Å². The van der Waals surface area contributed by atoms with Crippen molar-refractivity contribution >= 4 is 11.6 Å². The average Bonchev–Trinajstić information content (AvgIpc) is 3.44. The molecule has 1 saturated carbocycles. The first-order valence-corrected chi connectivity index (χ1v) is 9.77. The predicted octanol–water partition coefficient (Wildman–Crippen LogP) is 3.43. The van der Waals surface area contributed by atoms with Crippen LogP contribution in [0.5, 0.6) is 11.5 Å². The first kappa shape index (κ1) is 18.8. The monoisotopic (exact) mass is 361 g/mol. The second-order valence-electron chi connectivity index (χ2n) is 6.98. The number of ether oxygens (including phenoxy) is 3. The van der Waals surface area contributed by atoms with Gasteiger partial charge in [0.25, 0.3) is 0 Å². The van der Waals surface area contributed by atoms with Gasteiger partial charge in [-0.1, -0.05) is 0 Å². The number of fused-ring (bicyclic) bond motifs is 1. The summed E-state index contributed by atoms with van der Waals surface area (Å²) < 4.78 is 17.0. The number of hydrogen-bond donors (Lipinski definition) is 2. The summed E-state index contributed by atoms with van der Waals surface area (Å²) in [6.07, 6.45) is 4.49. The molecule has 2 N–H and O–H groups in total. The van der Waals surface area contributed by atoms with Crippen molar-refractivity contribution in [1.29, 1.82) is 0 Å². The highest BCUT2D eigenvalue weighted by atomic mass is 16.5. The molecule has 1 aromatic carbocycles. The Labute approximate surface area is 156 Å². The van der Waals surface area contributed by atoms with Gasteiger partial charge < -0.3 is 24.8 Å². The van der Waals surface area contributed by atoms with Gasteiger partial charge in [-0.25, -0.2) is 0 Å². The fraction of sp³-hybridized carbons (Fsp3) is 0.650. The van der Waals surface area contributed by atoms with E-state index in [-0.39, 0.29) is 0 Å². The van der Waals surface area contributed by atoms with Crippen LogP contribution in [0.1, 0.15) is 39.5 Å². The zero-order valence-corrected chi connectivity index (χ0v) is 16.0. The smallest absolute Gasteiger partial charge is 0.195 e. The molecule has 1 fully saturated rings. The van der Waals surface area contributed by atoms with Crippen LogP contribution < -0.4 is 20.1 Å². The lowest BCUT2D eigenvalue weighted by molar-refractivity contribution is 0.129. The van der Waals surface area contributed by atoms with Crippen LogP contribution in [0.15, 0.2) is 23.2 Å². The van der Waals surface area contributed by atoms with E-state index >= 15 is 0 Å². The minimum absolute atomic E-state index is 0.336. The molecule has 3 rings (SSSR count). The normalized spacial score (nSPS) is 18.2. The maximum atomic E-state index is 5.77. The second-order valence-corrected chi connectivity index (χ2v) is 6.98. The summed E-state index contributed by atoms with van der Waals surface area (Å²) in [4.78, 5) is 4.82. The molecular weight excluding hydrogens is 330 g/mol. The Morgan fingerprint density at radius 2 is 2.00 bits per heavy atom. The molecule has 1 heterocycles. The lowest BCUT2D eigenvalue weighted by atomic mass is 10.0. The van der Waals surface area contributed by atoms with E-state index in [1.165, 1.54) is 12.8 Å². The van der Waals surface area contributed by atoms with Crippen LogP contribution in [0.3, 0.4) is 0 Å². The molecule has 1 aliphatic heterocycles. The van der Waals surface area contributed by atoms with E-state index < -0.39 is 0 Å². The topological polar surface area (TPSA) is 64.1 Å². The number of rotatable bonds is 8. The standard InChI is InChI=1S/C20H31N3O3/c1-3-21-19(22-15-20(8-9-20)10-13-24-4-2)23-16-6-7-17-18(14-16)26-12-5-11-25-17/h6-7,14H,3-5,8-13,15H2,1-2H3,(H2,21,22,23). The van der Waals surface area contributed by atoms with Crippen molar-refractivity contribution in [3.8, 4) is 11.5 Å². The quantitative estimate of drug-likeness (QED) is 0.422. The minimum atomic E-state index is 0.336. The Bertz CT molecular complexity index is 614. The molecule has 6 nitrogen and oxygen atoms in total. The van der Waals surface area contributed by atoms with Crippen LogP contribution in [0.25, 0.3) is 0 Å². The van der Waals surface area contributed by atoms with E-state index in [0.717, 1.165) is 62.3 Å². The summed E-state index contributed by atoms with van der Waals surface area (Å²) in [6.45, 7) is 8.78. The molecule has 0 radical (unpaired) electrons. The minimum Gasteiger partial charge on any atom is -0.490 e. The predicted molar refractivity (Wildman–Crippen MR) is 104 cm³/mol. The van der Waals surface area contributed by atoms with Gasteiger partial charge in [-0.2, -0.15) is 0 Å². The summed E-state index contributed by atoms with van der Waals surface area (Å²) in [5.74, 6) is 2.41. The van der Waals surface area contributed by atoms with E-state index in [0.29, 0.717) is 18.6 Å². The molecule has 0 saturated heterocycles. The summed E-state index contributed by atoms with van der Waals surface area (Å²) in [7, 11) is 0. The van der Waals surface area contributed by atoms with Crippen LogP contribution in [0, 0.1) is 5.41 Å². The number of benzene rings is 1.